The number of aromatic amines is 1. The van der Waals surface area contributed by atoms with E-state index in [2.05, 4.69) is 44.7 Å². The van der Waals surface area contributed by atoms with E-state index >= 15 is 0 Å². The molecule has 0 aliphatic rings. The Morgan fingerprint density at radius 2 is 2.08 bits per heavy atom. The molecule has 0 radical (unpaired) electrons. The Bertz CT molecular complexity index is 1180. The summed E-state index contributed by atoms with van der Waals surface area (Å²) in [6, 6.07) is 8.30. The van der Waals surface area contributed by atoms with E-state index in [1.54, 1.807) is 16.0 Å². The Balaban J connectivity index is 1.76. The fraction of sp³-hybridized carbons (Fsp3) is 0.0556. The molecule has 0 atom stereocenters. The summed E-state index contributed by atoms with van der Waals surface area (Å²) in [6.45, 7) is 0. The zero-order chi connectivity index (χ0) is 16.1. The van der Waals surface area contributed by atoms with E-state index in [1.165, 1.54) is 4.70 Å². The predicted octanol–water partition coefficient (Wildman–Crippen LogP) is 4.24. The van der Waals surface area contributed by atoms with Crippen LogP contribution in [-0.2, 0) is 7.05 Å². The molecule has 5 nitrogen and oxygen atoms in total. The number of nitrogens with zero attached hydrogens (tertiary/aromatic N) is 4. The smallest absolute Gasteiger partial charge is 0.137 e. The van der Waals surface area contributed by atoms with Crippen LogP contribution in [0.15, 0.2) is 54.4 Å². The number of hydrogen-bond acceptors (Lipinski definition) is 4. The van der Waals surface area contributed by atoms with Gasteiger partial charge in [0, 0.05) is 47.5 Å². The van der Waals surface area contributed by atoms with Gasteiger partial charge in [-0.25, -0.2) is 9.97 Å². The van der Waals surface area contributed by atoms with Crippen LogP contribution in [0.25, 0.3) is 43.6 Å². The summed E-state index contributed by atoms with van der Waals surface area (Å²) in [5, 5.41) is 7.53. The molecule has 0 spiro atoms. The van der Waals surface area contributed by atoms with Gasteiger partial charge in [-0.2, -0.15) is 5.10 Å². The highest BCUT2D eigenvalue weighted by Crippen LogP contribution is 2.36. The standard InChI is InChI=1S/C18H13N5S/c1-23-9-11(8-21-23)15-2-3-16-17(22-15)14(10-24-16)12-4-6-19-18-13(12)5-7-20-18/h2-10H,1H3,(H,19,20). The normalized spacial score (nSPS) is 11.5. The highest BCUT2D eigenvalue weighted by Gasteiger charge is 2.13. The number of aryl methyl sites for hydroxylation is 1. The van der Waals surface area contributed by atoms with E-state index < -0.39 is 0 Å². The van der Waals surface area contributed by atoms with Crippen LogP contribution in [0.4, 0.5) is 0 Å². The van der Waals surface area contributed by atoms with E-state index in [0.717, 1.165) is 38.9 Å². The largest absolute Gasteiger partial charge is 0.346 e. The zero-order valence-corrected chi connectivity index (χ0v) is 13.7. The summed E-state index contributed by atoms with van der Waals surface area (Å²) in [4.78, 5) is 12.5. The molecular formula is C18H13N5S. The third-order valence-corrected chi connectivity index (χ3v) is 5.11. The van der Waals surface area contributed by atoms with Crippen molar-refractivity contribution in [3.8, 4) is 22.4 Å². The average molecular weight is 331 g/mol. The van der Waals surface area contributed by atoms with Gasteiger partial charge in [0.15, 0.2) is 0 Å². The number of nitrogens with one attached hydrogen (secondary N) is 1. The molecule has 1 N–H and O–H groups in total. The van der Waals surface area contributed by atoms with Crippen LogP contribution in [0.3, 0.4) is 0 Å². The van der Waals surface area contributed by atoms with E-state index in [1.807, 2.05) is 31.8 Å². The van der Waals surface area contributed by atoms with Gasteiger partial charge < -0.3 is 4.98 Å². The lowest BCUT2D eigenvalue weighted by molar-refractivity contribution is 0.768. The molecule has 5 heterocycles. The molecule has 5 rings (SSSR count). The van der Waals surface area contributed by atoms with Gasteiger partial charge in [0.2, 0.25) is 0 Å². The third-order valence-electron chi connectivity index (χ3n) is 4.17. The molecule has 0 bridgehead atoms. The molecule has 0 unspecified atom stereocenters. The summed E-state index contributed by atoms with van der Waals surface area (Å²) in [7, 11) is 1.91. The van der Waals surface area contributed by atoms with Crippen LogP contribution in [0, 0.1) is 0 Å². The monoisotopic (exact) mass is 331 g/mol. The quantitative estimate of drug-likeness (QED) is 0.526. The van der Waals surface area contributed by atoms with Crippen molar-refractivity contribution in [1.82, 2.24) is 24.7 Å². The Morgan fingerprint density at radius 1 is 1.12 bits per heavy atom. The second-order valence-electron chi connectivity index (χ2n) is 5.69. The first-order valence-electron chi connectivity index (χ1n) is 7.59. The second-order valence-corrected chi connectivity index (χ2v) is 6.60. The van der Waals surface area contributed by atoms with E-state index in [4.69, 9.17) is 4.98 Å². The first kappa shape index (κ1) is 13.4. The Morgan fingerprint density at radius 3 is 2.96 bits per heavy atom. The maximum absolute atomic E-state index is 4.91. The molecule has 0 aliphatic carbocycles. The Hall–Kier alpha value is -2.99. The minimum Gasteiger partial charge on any atom is -0.346 e. The van der Waals surface area contributed by atoms with Crippen molar-refractivity contribution in [2.24, 2.45) is 7.05 Å². The number of H-pyrrole nitrogens is 1. The van der Waals surface area contributed by atoms with E-state index in [0.29, 0.717) is 0 Å². The number of aromatic nitrogens is 5. The minimum atomic E-state index is 0.898. The van der Waals surface area contributed by atoms with Crippen molar-refractivity contribution in [3.05, 3.63) is 54.4 Å². The molecular weight excluding hydrogens is 318 g/mol. The lowest BCUT2D eigenvalue weighted by Crippen LogP contribution is -1.86. The molecule has 0 saturated carbocycles. The lowest BCUT2D eigenvalue weighted by Gasteiger charge is -2.03. The Kier molecular flexibility index (Phi) is 2.80. The van der Waals surface area contributed by atoms with Crippen molar-refractivity contribution < 1.29 is 0 Å². The average Bonchev–Trinajstić information content (AvgIpc) is 3.32. The van der Waals surface area contributed by atoms with Crippen LogP contribution in [0.1, 0.15) is 0 Å². The summed E-state index contributed by atoms with van der Waals surface area (Å²) in [5.41, 5.74) is 6.19. The maximum Gasteiger partial charge on any atom is 0.137 e. The van der Waals surface area contributed by atoms with E-state index in [9.17, 15) is 0 Å². The first-order valence-corrected chi connectivity index (χ1v) is 8.47. The molecule has 5 aromatic rings. The summed E-state index contributed by atoms with van der Waals surface area (Å²) in [6.07, 6.45) is 7.58. The molecule has 6 heteroatoms. The van der Waals surface area contributed by atoms with Gasteiger partial charge in [-0.3, -0.25) is 4.68 Å². The second kappa shape index (κ2) is 5.01. The molecule has 0 saturated heterocycles. The van der Waals surface area contributed by atoms with Gasteiger partial charge in [0.05, 0.1) is 22.1 Å². The van der Waals surface area contributed by atoms with Crippen molar-refractivity contribution >= 4 is 32.6 Å². The highest BCUT2D eigenvalue weighted by molar-refractivity contribution is 7.17. The van der Waals surface area contributed by atoms with Crippen LogP contribution < -0.4 is 0 Å². The van der Waals surface area contributed by atoms with E-state index in [-0.39, 0.29) is 0 Å². The third kappa shape index (κ3) is 1.97. The molecule has 0 aromatic carbocycles. The molecule has 0 fully saturated rings. The van der Waals surface area contributed by atoms with Crippen molar-refractivity contribution in [2.45, 2.75) is 0 Å². The van der Waals surface area contributed by atoms with Crippen LogP contribution in [0.2, 0.25) is 0 Å². The van der Waals surface area contributed by atoms with Crippen LogP contribution in [-0.4, -0.2) is 24.7 Å². The van der Waals surface area contributed by atoms with Gasteiger partial charge in [-0.1, -0.05) is 0 Å². The minimum absolute atomic E-state index is 0.898. The Labute approximate surface area is 141 Å². The number of thiophene rings is 1. The number of rotatable bonds is 2. The van der Waals surface area contributed by atoms with Gasteiger partial charge >= 0.3 is 0 Å². The fourth-order valence-corrected chi connectivity index (χ4v) is 3.91. The predicted molar refractivity (Wildman–Crippen MR) is 96.9 cm³/mol. The SMILES string of the molecule is Cn1cc(-c2ccc3scc(-c4ccnc5[nH]ccc45)c3n2)cn1. The number of pyridine rings is 2. The van der Waals surface area contributed by atoms with Gasteiger partial charge in [0.1, 0.15) is 5.65 Å². The molecule has 116 valence electrons. The molecule has 24 heavy (non-hydrogen) atoms. The topological polar surface area (TPSA) is 59.4 Å². The van der Waals surface area contributed by atoms with Gasteiger partial charge in [-0.05, 0) is 29.8 Å². The first-order chi connectivity index (χ1) is 11.8. The van der Waals surface area contributed by atoms with Crippen molar-refractivity contribution in [1.29, 1.82) is 0 Å². The summed E-state index contributed by atoms with van der Waals surface area (Å²) < 4.78 is 2.97. The molecule has 5 aromatic heterocycles. The van der Waals surface area contributed by atoms with Crippen LogP contribution >= 0.6 is 11.3 Å². The van der Waals surface area contributed by atoms with Crippen molar-refractivity contribution in [2.75, 3.05) is 0 Å². The van der Waals surface area contributed by atoms with Crippen LogP contribution in [0.5, 0.6) is 0 Å². The summed E-state index contributed by atoms with van der Waals surface area (Å²) in [5.74, 6) is 0. The van der Waals surface area contributed by atoms with Gasteiger partial charge in [0.25, 0.3) is 0 Å². The summed E-state index contributed by atoms with van der Waals surface area (Å²) >= 11 is 1.72. The molecule has 0 aliphatic heterocycles. The van der Waals surface area contributed by atoms with Crippen molar-refractivity contribution in [3.63, 3.8) is 0 Å². The zero-order valence-electron chi connectivity index (χ0n) is 12.9. The lowest BCUT2D eigenvalue weighted by atomic mass is 10.1. The molecule has 0 amide bonds. The highest BCUT2D eigenvalue weighted by atomic mass is 32.1. The fourth-order valence-electron chi connectivity index (χ4n) is 3.01. The maximum atomic E-state index is 4.91. The number of hydrogen-bond donors (Lipinski definition) is 1. The number of fused-ring (bicyclic) bond motifs is 2. The van der Waals surface area contributed by atoms with Gasteiger partial charge in [-0.15, -0.1) is 11.3 Å².